The molecule has 0 saturated carbocycles. The highest BCUT2D eigenvalue weighted by Gasteiger charge is 2.46. The van der Waals surface area contributed by atoms with Crippen LogP contribution in [0.2, 0.25) is 0 Å². The van der Waals surface area contributed by atoms with Crippen LogP contribution in [0.4, 0.5) is 17.1 Å². The Labute approximate surface area is 342 Å². The van der Waals surface area contributed by atoms with Crippen molar-refractivity contribution >= 4 is 60.5 Å². The third-order valence-electron chi connectivity index (χ3n) is 12.5. The Morgan fingerprint density at radius 3 is 1.75 bits per heavy atom. The molecular weight excluding hydrogens is 715 g/mol. The summed E-state index contributed by atoms with van der Waals surface area (Å²) in [7, 11) is 0. The van der Waals surface area contributed by atoms with Crippen LogP contribution in [0, 0.1) is 0 Å². The van der Waals surface area contributed by atoms with Crippen molar-refractivity contribution < 1.29 is 4.42 Å². The Hall–Kier alpha value is -7.68. The molecule has 12 rings (SSSR count). The van der Waals surface area contributed by atoms with Crippen LogP contribution in [-0.2, 0) is 5.41 Å². The average molecular weight is 752 g/mol. The highest BCUT2D eigenvalue weighted by Crippen LogP contribution is 2.57. The topological polar surface area (TPSA) is 16.4 Å². The maximum Gasteiger partial charge on any atom is 0.143 e. The minimum atomic E-state index is -0.504. The monoisotopic (exact) mass is 751 g/mol. The summed E-state index contributed by atoms with van der Waals surface area (Å²) in [6, 6.07) is 81.8. The average Bonchev–Trinajstić information content (AvgIpc) is 3.84. The van der Waals surface area contributed by atoms with Crippen LogP contribution >= 0.6 is 0 Å². The number of hydrogen-bond acceptors (Lipinski definition) is 2. The quantitative estimate of drug-likeness (QED) is 0.168. The Morgan fingerprint density at radius 2 is 0.966 bits per heavy atom. The van der Waals surface area contributed by atoms with E-state index in [4.69, 9.17) is 4.42 Å². The zero-order chi connectivity index (χ0) is 38.9. The van der Waals surface area contributed by atoms with E-state index in [1.54, 1.807) is 0 Å². The second-order valence-electron chi connectivity index (χ2n) is 15.6. The summed E-state index contributed by atoms with van der Waals surface area (Å²) < 4.78 is 6.58. The lowest BCUT2D eigenvalue weighted by Gasteiger charge is -2.35. The standard InChI is InChI=1S/C57H37NO/c1-3-18-41(19-4-1)57(42-20-5-2-6-21-42)51-26-12-11-24-48(51)49-36-34-44(37-52(49)57)58(53-27-13-17-38-15-7-9-22-45(38)53)43-32-29-40(30-33-43)46-25-14-28-54-55(46)50-35-31-39-16-8-10-23-47(39)56(50)59-54/h1-37H. The van der Waals surface area contributed by atoms with Gasteiger partial charge in [-0.1, -0.05) is 182 Å². The Balaban J connectivity index is 1.07. The molecule has 1 aromatic heterocycles. The van der Waals surface area contributed by atoms with Gasteiger partial charge in [0, 0.05) is 32.9 Å². The molecule has 0 aliphatic heterocycles. The predicted octanol–water partition coefficient (Wildman–Crippen LogP) is 15.4. The zero-order valence-corrected chi connectivity index (χ0v) is 32.2. The lowest BCUT2D eigenvalue weighted by atomic mass is 9.67. The van der Waals surface area contributed by atoms with E-state index in [2.05, 4.69) is 229 Å². The second-order valence-corrected chi connectivity index (χ2v) is 15.6. The van der Waals surface area contributed by atoms with Crippen LogP contribution in [0.25, 0.3) is 65.7 Å². The van der Waals surface area contributed by atoms with Crippen molar-refractivity contribution in [2.45, 2.75) is 5.41 Å². The number of rotatable bonds is 6. The van der Waals surface area contributed by atoms with E-state index in [-0.39, 0.29) is 0 Å². The molecule has 10 aromatic carbocycles. The van der Waals surface area contributed by atoms with Crippen molar-refractivity contribution in [1.82, 2.24) is 0 Å². The van der Waals surface area contributed by atoms with Gasteiger partial charge >= 0.3 is 0 Å². The molecule has 0 saturated heterocycles. The van der Waals surface area contributed by atoms with Crippen LogP contribution in [0.3, 0.4) is 0 Å². The first-order valence-corrected chi connectivity index (χ1v) is 20.3. The smallest absolute Gasteiger partial charge is 0.143 e. The van der Waals surface area contributed by atoms with Crippen LogP contribution in [0.1, 0.15) is 22.3 Å². The molecule has 2 heteroatoms. The third-order valence-corrected chi connectivity index (χ3v) is 12.5. The summed E-state index contributed by atoms with van der Waals surface area (Å²) in [4.78, 5) is 2.44. The van der Waals surface area contributed by atoms with Crippen molar-refractivity contribution in [3.8, 4) is 22.3 Å². The summed E-state index contributed by atoms with van der Waals surface area (Å²) in [5.74, 6) is 0. The third kappa shape index (κ3) is 5.00. The Morgan fingerprint density at radius 1 is 0.373 bits per heavy atom. The van der Waals surface area contributed by atoms with Crippen molar-refractivity contribution in [3.63, 3.8) is 0 Å². The van der Waals surface area contributed by atoms with Crippen molar-refractivity contribution in [3.05, 3.63) is 247 Å². The molecule has 0 unspecified atom stereocenters. The van der Waals surface area contributed by atoms with Crippen molar-refractivity contribution in [2.24, 2.45) is 0 Å². The van der Waals surface area contributed by atoms with Crippen LogP contribution < -0.4 is 4.90 Å². The molecule has 0 spiro atoms. The summed E-state index contributed by atoms with van der Waals surface area (Å²) in [5.41, 5.74) is 14.6. The zero-order valence-electron chi connectivity index (χ0n) is 32.2. The second kappa shape index (κ2) is 13.2. The fraction of sp³-hybridized carbons (Fsp3) is 0.0175. The molecule has 0 N–H and O–H groups in total. The Kier molecular flexibility index (Phi) is 7.48. The van der Waals surface area contributed by atoms with E-state index in [0.717, 1.165) is 55.5 Å². The van der Waals surface area contributed by atoms with Gasteiger partial charge in [-0.05, 0) is 97.7 Å². The molecule has 276 valence electrons. The van der Waals surface area contributed by atoms with Gasteiger partial charge in [0.05, 0.1) is 11.1 Å². The lowest BCUT2D eigenvalue weighted by Crippen LogP contribution is -2.28. The van der Waals surface area contributed by atoms with E-state index in [1.165, 1.54) is 49.5 Å². The van der Waals surface area contributed by atoms with Gasteiger partial charge in [-0.25, -0.2) is 0 Å². The van der Waals surface area contributed by atoms with Gasteiger partial charge in [0.15, 0.2) is 0 Å². The first-order valence-electron chi connectivity index (χ1n) is 20.3. The maximum atomic E-state index is 6.58. The summed E-state index contributed by atoms with van der Waals surface area (Å²) >= 11 is 0. The molecule has 0 bridgehead atoms. The number of fused-ring (bicyclic) bond motifs is 9. The first-order chi connectivity index (χ1) is 29.3. The SMILES string of the molecule is c1ccc(C2(c3ccccc3)c3ccccc3-c3ccc(N(c4ccc(-c5cccc6oc7c8ccccc8ccc7c56)cc4)c4cccc5ccccc45)cc32)cc1. The fourth-order valence-corrected chi connectivity index (χ4v) is 9.99. The molecule has 0 radical (unpaired) electrons. The maximum absolute atomic E-state index is 6.58. The highest BCUT2D eigenvalue weighted by atomic mass is 16.3. The van der Waals surface area contributed by atoms with Crippen LogP contribution in [-0.4, -0.2) is 0 Å². The van der Waals surface area contributed by atoms with Gasteiger partial charge in [0.25, 0.3) is 0 Å². The van der Waals surface area contributed by atoms with Gasteiger partial charge in [-0.2, -0.15) is 0 Å². The van der Waals surface area contributed by atoms with Gasteiger partial charge in [0.1, 0.15) is 11.2 Å². The minimum absolute atomic E-state index is 0.504. The summed E-state index contributed by atoms with van der Waals surface area (Å²) in [6.45, 7) is 0. The molecule has 1 aliphatic rings. The van der Waals surface area contributed by atoms with Crippen molar-refractivity contribution in [1.29, 1.82) is 0 Å². The molecule has 0 atom stereocenters. The molecule has 1 heterocycles. The molecule has 0 amide bonds. The molecule has 1 aliphatic carbocycles. The Bertz CT molecular complexity index is 3340. The van der Waals surface area contributed by atoms with Crippen LogP contribution in [0.5, 0.6) is 0 Å². The molecule has 2 nitrogen and oxygen atoms in total. The minimum Gasteiger partial charge on any atom is -0.455 e. The highest BCUT2D eigenvalue weighted by molar-refractivity contribution is 6.19. The molecule has 0 fully saturated rings. The van der Waals surface area contributed by atoms with Crippen LogP contribution in [0.15, 0.2) is 229 Å². The predicted molar refractivity (Wildman–Crippen MR) is 246 cm³/mol. The number of furan rings is 1. The van der Waals surface area contributed by atoms with Gasteiger partial charge in [0.2, 0.25) is 0 Å². The van der Waals surface area contributed by atoms with Crippen molar-refractivity contribution in [2.75, 3.05) is 4.90 Å². The number of nitrogens with zero attached hydrogens (tertiary/aromatic N) is 1. The number of benzene rings is 10. The number of hydrogen-bond donors (Lipinski definition) is 0. The number of anilines is 3. The summed E-state index contributed by atoms with van der Waals surface area (Å²) in [6.07, 6.45) is 0. The van der Waals surface area contributed by atoms with E-state index in [0.29, 0.717) is 0 Å². The molecule has 59 heavy (non-hydrogen) atoms. The molecule has 11 aromatic rings. The van der Waals surface area contributed by atoms with E-state index in [9.17, 15) is 0 Å². The normalized spacial score (nSPS) is 12.9. The van der Waals surface area contributed by atoms with Gasteiger partial charge in [-0.3, -0.25) is 0 Å². The largest absolute Gasteiger partial charge is 0.455 e. The fourth-order valence-electron chi connectivity index (χ4n) is 9.99. The van der Waals surface area contributed by atoms with E-state index in [1.807, 2.05) is 0 Å². The van der Waals surface area contributed by atoms with E-state index < -0.39 is 5.41 Å². The summed E-state index contributed by atoms with van der Waals surface area (Å²) in [5, 5.41) is 6.99. The van der Waals surface area contributed by atoms with E-state index >= 15 is 0 Å². The first kappa shape index (κ1) is 33.5. The lowest BCUT2D eigenvalue weighted by molar-refractivity contribution is 0.673. The van der Waals surface area contributed by atoms with Gasteiger partial charge < -0.3 is 9.32 Å². The van der Waals surface area contributed by atoms with Gasteiger partial charge in [-0.15, -0.1) is 0 Å². The molecular formula is C57H37NO.